The molecule has 1 heterocycles. The Morgan fingerprint density at radius 3 is 2.38 bits per heavy atom. The molecule has 1 aliphatic heterocycles. The quantitative estimate of drug-likeness (QED) is 0.670. The predicted octanol–water partition coefficient (Wildman–Crippen LogP) is 0.782. The van der Waals surface area contributed by atoms with Crippen LogP contribution < -0.4 is 25.3 Å². The molecule has 8 heteroatoms. The maximum absolute atomic E-state index is 13.1. The van der Waals surface area contributed by atoms with Crippen molar-refractivity contribution < 1.29 is 23.8 Å². The smallest absolute Gasteiger partial charge is 0.255 e. The van der Waals surface area contributed by atoms with E-state index in [1.54, 1.807) is 12.1 Å². The van der Waals surface area contributed by atoms with Gasteiger partial charge in [-0.25, -0.2) is 0 Å². The minimum atomic E-state index is -0.614. The molecule has 1 unspecified atom stereocenters. The standard InChI is InChI=1S/C18H27N3O5/c1-4-7-21(13-5-6-20-10-13)18(23)12-8-14(24-2)17(15(9-12)25-3)26-11-16(19)22/h8-9,13,20H,4-7,10-11H2,1-3H3,(H2,19,22). The van der Waals surface area contributed by atoms with Crippen LogP contribution in [-0.2, 0) is 4.79 Å². The number of ether oxygens (including phenoxy) is 3. The molecule has 1 fully saturated rings. The highest BCUT2D eigenvalue weighted by Gasteiger charge is 2.28. The number of benzene rings is 1. The minimum absolute atomic E-state index is 0.0846. The molecule has 0 radical (unpaired) electrons. The van der Waals surface area contributed by atoms with Gasteiger partial charge in [-0.1, -0.05) is 6.92 Å². The van der Waals surface area contributed by atoms with Crippen LogP contribution in [0.25, 0.3) is 0 Å². The van der Waals surface area contributed by atoms with Crippen molar-refractivity contribution in [2.45, 2.75) is 25.8 Å². The molecule has 1 aromatic carbocycles. The van der Waals surface area contributed by atoms with Crippen molar-refractivity contribution in [1.29, 1.82) is 0 Å². The van der Waals surface area contributed by atoms with Crippen molar-refractivity contribution >= 4 is 11.8 Å². The fraction of sp³-hybridized carbons (Fsp3) is 0.556. The maximum atomic E-state index is 13.1. The third kappa shape index (κ3) is 4.57. The fourth-order valence-corrected chi connectivity index (χ4v) is 3.05. The third-order valence-electron chi connectivity index (χ3n) is 4.27. The van der Waals surface area contributed by atoms with Gasteiger partial charge in [-0.15, -0.1) is 0 Å². The van der Waals surface area contributed by atoms with Crippen LogP contribution in [0.1, 0.15) is 30.1 Å². The summed E-state index contributed by atoms with van der Waals surface area (Å²) in [5.74, 6) is 0.176. The van der Waals surface area contributed by atoms with E-state index in [2.05, 4.69) is 5.32 Å². The Labute approximate surface area is 153 Å². The summed E-state index contributed by atoms with van der Waals surface area (Å²) < 4.78 is 16.1. The Morgan fingerprint density at radius 2 is 1.92 bits per heavy atom. The molecule has 1 saturated heterocycles. The summed E-state index contributed by atoms with van der Waals surface area (Å²) in [7, 11) is 2.93. The van der Waals surface area contributed by atoms with E-state index in [4.69, 9.17) is 19.9 Å². The zero-order valence-electron chi connectivity index (χ0n) is 15.5. The molecule has 1 aromatic rings. The lowest BCUT2D eigenvalue weighted by Crippen LogP contribution is -2.42. The molecule has 0 saturated carbocycles. The second kappa shape index (κ2) is 9.28. The molecule has 2 amide bonds. The van der Waals surface area contributed by atoms with E-state index >= 15 is 0 Å². The molecule has 0 bridgehead atoms. The first-order chi connectivity index (χ1) is 12.5. The first-order valence-electron chi connectivity index (χ1n) is 8.70. The zero-order chi connectivity index (χ0) is 19.1. The Hall–Kier alpha value is -2.48. The highest BCUT2D eigenvalue weighted by Crippen LogP contribution is 2.39. The van der Waals surface area contributed by atoms with E-state index in [0.29, 0.717) is 23.6 Å². The Morgan fingerprint density at radius 1 is 1.27 bits per heavy atom. The molecule has 0 spiro atoms. The van der Waals surface area contributed by atoms with Crippen molar-refractivity contribution in [3.63, 3.8) is 0 Å². The molecular formula is C18H27N3O5. The van der Waals surface area contributed by atoms with Gasteiger partial charge in [-0.3, -0.25) is 9.59 Å². The summed E-state index contributed by atoms with van der Waals surface area (Å²) in [6.45, 7) is 4.11. The highest BCUT2D eigenvalue weighted by molar-refractivity contribution is 5.96. The summed E-state index contributed by atoms with van der Waals surface area (Å²) >= 11 is 0. The molecule has 26 heavy (non-hydrogen) atoms. The predicted molar refractivity (Wildman–Crippen MR) is 96.8 cm³/mol. The number of nitrogens with one attached hydrogen (secondary N) is 1. The van der Waals surface area contributed by atoms with Gasteiger partial charge in [0.05, 0.1) is 14.2 Å². The molecule has 0 aliphatic carbocycles. The van der Waals surface area contributed by atoms with Crippen LogP contribution in [0.4, 0.5) is 0 Å². The van der Waals surface area contributed by atoms with E-state index in [9.17, 15) is 9.59 Å². The van der Waals surface area contributed by atoms with Gasteiger partial charge >= 0.3 is 0 Å². The van der Waals surface area contributed by atoms with Crippen molar-refractivity contribution in [3.05, 3.63) is 17.7 Å². The summed E-state index contributed by atoms with van der Waals surface area (Å²) in [6.07, 6.45) is 1.80. The molecule has 2 rings (SSSR count). The van der Waals surface area contributed by atoms with Crippen molar-refractivity contribution in [1.82, 2.24) is 10.2 Å². The molecule has 1 atom stereocenters. The minimum Gasteiger partial charge on any atom is -0.493 e. The van der Waals surface area contributed by atoms with Crippen LogP contribution in [-0.4, -0.2) is 63.2 Å². The largest absolute Gasteiger partial charge is 0.493 e. The Bertz CT molecular complexity index is 619. The summed E-state index contributed by atoms with van der Waals surface area (Å²) in [6, 6.07) is 3.38. The van der Waals surface area contributed by atoms with Gasteiger partial charge in [0.1, 0.15) is 0 Å². The number of hydrogen-bond donors (Lipinski definition) is 2. The number of nitrogens with zero attached hydrogens (tertiary/aromatic N) is 1. The molecule has 1 aliphatic rings. The van der Waals surface area contributed by atoms with Crippen LogP contribution in [0.15, 0.2) is 12.1 Å². The first-order valence-corrected chi connectivity index (χ1v) is 8.70. The van der Waals surface area contributed by atoms with Gasteiger partial charge in [0.2, 0.25) is 5.75 Å². The Balaban J connectivity index is 2.34. The number of hydrogen-bond acceptors (Lipinski definition) is 6. The van der Waals surface area contributed by atoms with Crippen LogP contribution in [0.2, 0.25) is 0 Å². The maximum Gasteiger partial charge on any atom is 0.255 e. The van der Waals surface area contributed by atoms with Crippen LogP contribution in [0, 0.1) is 0 Å². The normalized spacial score (nSPS) is 16.2. The van der Waals surface area contributed by atoms with E-state index in [1.165, 1.54) is 14.2 Å². The van der Waals surface area contributed by atoms with E-state index in [-0.39, 0.29) is 24.3 Å². The first kappa shape index (κ1) is 19.8. The SMILES string of the molecule is CCCN(C(=O)c1cc(OC)c(OCC(N)=O)c(OC)c1)C1CCNC1. The highest BCUT2D eigenvalue weighted by atomic mass is 16.5. The second-order valence-corrected chi connectivity index (χ2v) is 6.11. The van der Waals surface area contributed by atoms with Gasteiger partial charge in [-0.05, 0) is 31.5 Å². The van der Waals surface area contributed by atoms with E-state index in [0.717, 1.165) is 25.9 Å². The van der Waals surface area contributed by atoms with Gasteiger partial charge in [0.25, 0.3) is 11.8 Å². The second-order valence-electron chi connectivity index (χ2n) is 6.11. The molecule has 3 N–H and O–H groups in total. The third-order valence-corrected chi connectivity index (χ3v) is 4.27. The zero-order valence-corrected chi connectivity index (χ0v) is 15.5. The van der Waals surface area contributed by atoms with Crippen LogP contribution >= 0.6 is 0 Å². The number of rotatable bonds is 9. The lowest BCUT2D eigenvalue weighted by atomic mass is 10.1. The Kier molecular flexibility index (Phi) is 7.08. The molecule has 144 valence electrons. The lowest BCUT2D eigenvalue weighted by Gasteiger charge is -2.28. The topological polar surface area (TPSA) is 103 Å². The summed E-state index contributed by atoms with van der Waals surface area (Å²) in [5.41, 5.74) is 5.58. The lowest BCUT2D eigenvalue weighted by molar-refractivity contribution is -0.120. The van der Waals surface area contributed by atoms with Gasteiger partial charge in [0.15, 0.2) is 18.1 Å². The van der Waals surface area contributed by atoms with Gasteiger partial charge in [0, 0.05) is 24.7 Å². The number of nitrogens with two attached hydrogens (primary N) is 1. The average Bonchev–Trinajstić information content (AvgIpc) is 3.17. The monoisotopic (exact) mass is 365 g/mol. The summed E-state index contributed by atoms with van der Waals surface area (Å²) in [5, 5.41) is 3.29. The van der Waals surface area contributed by atoms with Gasteiger partial charge in [-0.2, -0.15) is 0 Å². The number of carbonyl (C=O) groups is 2. The molecule has 0 aromatic heterocycles. The van der Waals surface area contributed by atoms with E-state index in [1.807, 2.05) is 11.8 Å². The number of primary amides is 1. The average molecular weight is 365 g/mol. The van der Waals surface area contributed by atoms with Crippen molar-refractivity contribution in [3.8, 4) is 17.2 Å². The van der Waals surface area contributed by atoms with Gasteiger partial charge < -0.3 is 30.2 Å². The van der Waals surface area contributed by atoms with Crippen molar-refractivity contribution in [2.75, 3.05) is 40.5 Å². The van der Waals surface area contributed by atoms with E-state index < -0.39 is 5.91 Å². The number of amides is 2. The molecule has 8 nitrogen and oxygen atoms in total. The fourth-order valence-electron chi connectivity index (χ4n) is 3.05. The summed E-state index contributed by atoms with van der Waals surface area (Å²) in [4.78, 5) is 26.0. The van der Waals surface area contributed by atoms with Crippen molar-refractivity contribution in [2.24, 2.45) is 5.73 Å². The molecular weight excluding hydrogens is 338 g/mol. The van der Waals surface area contributed by atoms with Crippen LogP contribution in [0.5, 0.6) is 17.2 Å². The number of methoxy groups -OCH3 is 2. The van der Waals surface area contributed by atoms with Crippen LogP contribution in [0.3, 0.4) is 0 Å². The number of carbonyl (C=O) groups excluding carboxylic acids is 2.